The Labute approximate surface area is 112 Å². The summed E-state index contributed by atoms with van der Waals surface area (Å²) in [6.45, 7) is 3.91. The van der Waals surface area contributed by atoms with Gasteiger partial charge in [-0.3, -0.25) is 0 Å². The molecule has 0 bridgehead atoms. The van der Waals surface area contributed by atoms with Crippen LogP contribution in [-0.4, -0.2) is 12.6 Å². The van der Waals surface area contributed by atoms with Crippen molar-refractivity contribution in [1.29, 1.82) is 0 Å². The van der Waals surface area contributed by atoms with E-state index < -0.39 is 0 Å². The highest BCUT2D eigenvalue weighted by molar-refractivity contribution is 9.15. The van der Waals surface area contributed by atoms with Crippen molar-refractivity contribution in [3.8, 4) is 0 Å². The van der Waals surface area contributed by atoms with E-state index in [1.165, 1.54) is 0 Å². The van der Waals surface area contributed by atoms with Crippen LogP contribution in [0.2, 0.25) is 0 Å². The average Bonchev–Trinajstić information content (AvgIpc) is 2.28. The van der Waals surface area contributed by atoms with Gasteiger partial charge in [0.25, 0.3) is 0 Å². The number of hydrogen-bond donors (Lipinski definition) is 0. The predicted molar refractivity (Wildman–Crippen MR) is 72.3 cm³/mol. The maximum absolute atomic E-state index is 11.5. The molecule has 0 spiro atoms. The molecule has 0 N–H and O–H groups in total. The van der Waals surface area contributed by atoms with Crippen molar-refractivity contribution in [2.24, 2.45) is 0 Å². The second-order valence-corrected chi connectivity index (χ2v) is 4.79. The fourth-order valence-corrected chi connectivity index (χ4v) is 2.43. The monoisotopic (exact) mass is 346 g/mol. The summed E-state index contributed by atoms with van der Waals surface area (Å²) in [6.07, 6.45) is 0. The van der Waals surface area contributed by atoms with E-state index in [0.29, 0.717) is 12.2 Å². The molecule has 0 aliphatic carbocycles. The Morgan fingerprint density at radius 2 is 2.00 bits per heavy atom. The van der Waals surface area contributed by atoms with E-state index in [0.717, 1.165) is 14.5 Å². The molecule has 16 heavy (non-hydrogen) atoms. The number of carbonyl (C=O) groups excluding carboxylic acids is 1. The second-order valence-electron chi connectivity index (χ2n) is 3.14. The minimum absolute atomic E-state index is 0.301. The molecule has 0 unspecified atom stereocenters. The van der Waals surface area contributed by atoms with Crippen molar-refractivity contribution in [3.63, 3.8) is 0 Å². The molecule has 0 atom stereocenters. The van der Waals surface area contributed by atoms with Gasteiger partial charge in [-0.1, -0.05) is 34.1 Å². The van der Waals surface area contributed by atoms with Crippen LogP contribution in [0.15, 0.2) is 34.3 Å². The first-order chi connectivity index (χ1) is 7.57. The van der Waals surface area contributed by atoms with Gasteiger partial charge in [0.05, 0.1) is 6.61 Å². The SMILES string of the molecule is CCOC(=O)C(C)=C(Br)c1ccccc1Br. The fraction of sp³-hybridized carbons (Fsp3) is 0.250. The zero-order chi connectivity index (χ0) is 12.1. The molecule has 0 saturated heterocycles. The topological polar surface area (TPSA) is 26.3 Å². The van der Waals surface area contributed by atoms with Crippen LogP contribution in [0.1, 0.15) is 19.4 Å². The van der Waals surface area contributed by atoms with E-state index in [9.17, 15) is 4.79 Å². The van der Waals surface area contributed by atoms with Gasteiger partial charge in [-0.15, -0.1) is 0 Å². The van der Waals surface area contributed by atoms with Crippen LogP contribution in [0, 0.1) is 0 Å². The van der Waals surface area contributed by atoms with Crippen LogP contribution in [-0.2, 0) is 9.53 Å². The molecule has 86 valence electrons. The summed E-state index contributed by atoms with van der Waals surface area (Å²) in [5.41, 5.74) is 1.50. The van der Waals surface area contributed by atoms with Gasteiger partial charge in [-0.2, -0.15) is 0 Å². The Morgan fingerprint density at radius 1 is 1.38 bits per heavy atom. The lowest BCUT2D eigenvalue weighted by molar-refractivity contribution is -0.138. The van der Waals surface area contributed by atoms with Crippen LogP contribution >= 0.6 is 31.9 Å². The maximum atomic E-state index is 11.5. The molecule has 0 fully saturated rings. The van der Waals surface area contributed by atoms with Crippen molar-refractivity contribution >= 4 is 42.3 Å². The molecule has 1 aromatic rings. The van der Waals surface area contributed by atoms with Gasteiger partial charge in [0.2, 0.25) is 0 Å². The molecule has 4 heteroatoms. The first-order valence-electron chi connectivity index (χ1n) is 4.86. The van der Waals surface area contributed by atoms with E-state index in [1.54, 1.807) is 13.8 Å². The lowest BCUT2D eigenvalue weighted by atomic mass is 10.1. The van der Waals surface area contributed by atoms with Gasteiger partial charge in [0.15, 0.2) is 0 Å². The Balaban J connectivity index is 3.09. The van der Waals surface area contributed by atoms with E-state index in [-0.39, 0.29) is 5.97 Å². The van der Waals surface area contributed by atoms with Crippen LogP contribution in [0.5, 0.6) is 0 Å². The largest absolute Gasteiger partial charge is 0.463 e. The summed E-state index contributed by atoms with van der Waals surface area (Å²) in [6, 6.07) is 7.69. The quantitative estimate of drug-likeness (QED) is 0.606. The van der Waals surface area contributed by atoms with E-state index in [4.69, 9.17) is 4.74 Å². The Hall–Kier alpha value is -0.610. The van der Waals surface area contributed by atoms with Crippen molar-refractivity contribution in [1.82, 2.24) is 0 Å². The number of ether oxygens (including phenoxy) is 1. The third kappa shape index (κ3) is 3.19. The molecule has 0 aliphatic heterocycles. The minimum atomic E-state index is -0.301. The third-order valence-corrected chi connectivity index (χ3v) is 3.73. The van der Waals surface area contributed by atoms with Gasteiger partial charge < -0.3 is 4.74 Å². The average molecular weight is 348 g/mol. The molecule has 2 nitrogen and oxygen atoms in total. The van der Waals surface area contributed by atoms with Gasteiger partial charge in [-0.25, -0.2) is 4.79 Å². The summed E-state index contributed by atoms with van der Waals surface area (Å²) < 4.78 is 6.63. The Kier molecular flexibility index (Phi) is 5.22. The zero-order valence-electron chi connectivity index (χ0n) is 9.09. The molecule has 0 heterocycles. The van der Waals surface area contributed by atoms with Crippen molar-refractivity contribution < 1.29 is 9.53 Å². The van der Waals surface area contributed by atoms with Crippen molar-refractivity contribution in [3.05, 3.63) is 39.9 Å². The van der Waals surface area contributed by atoms with Gasteiger partial charge in [-0.05, 0) is 35.8 Å². The molecule has 1 aromatic carbocycles. The van der Waals surface area contributed by atoms with Crippen LogP contribution in [0.4, 0.5) is 0 Å². The minimum Gasteiger partial charge on any atom is -0.463 e. The van der Waals surface area contributed by atoms with Gasteiger partial charge in [0.1, 0.15) is 0 Å². The highest BCUT2D eigenvalue weighted by atomic mass is 79.9. The Bertz CT molecular complexity index is 425. The fourth-order valence-electron chi connectivity index (χ4n) is 1.17. The van der Waals surface area contributed by atoms with E-state index in [1.807, 2.05) is 24.3 Å². The predicted octanol–water partition coefficient (Wildman–Crippen LogP) is 4.14. The molecule has 0 saturated carbocycles. The molecular formula is C12H12Br2O2. The van der Waals surface area contributed by atoms with Gasteiger partial charge >= 0.3 is 5.97 Å². The van der Waals surface area contributed by atoms with E-state index in [2.05, 4.69) is 31.9 Å². The lowest BCUT2D eigenvalue weighted by Gasteiger charge is -2.07. The molecule has 0 aromatic heterocycles. The summed E-state index contributed by atoms with van der Waals surface area (Å²) in [7, 11) is 0. The summed E-state index contributed by atoms with van der Waals surface area (Å²) in [5.74, 6) is -0.301. The highest BCUT2D eigenvalue weighted by Gasteiger charge is 2.12. The number of halogens is 2. The number of hydrogen-bond acceptors (Lipinski definition) is 2. The lowest BCUT2D eigenvalue weighted by Crippen LogP contribution is -2.06. The maximum Gasteiger partial charge on any atom is 0.334 e. The normalized spacial score (nSPS) is 12.0. The first-order valence-corrected chi connectivity index (χ1v) is 6.45. The van der Waals surface area contributed by atoms with E-state index >= 15 is 0 Å². The van der Waals surface area contributed by atoms with Crippen LogP contribution in [0.3, 0.4) is 0 Å². The molecule has 0 radical (unpaired) electrons. The molecular weight excluding hydrogens is 336 g/mol. The van der Waals surface area contributed by atoms with Crippen LogP contribution < -0.4 is 0 Å². The summed E-state index contributed by atoms with van der Waals surface area (Å²) in [4.78, 5) is 11.5. The zero-order valence-corrected chi connectivity index (χ0v) is 12.3. The molecule has 1 rings (SSSR count). The number of carbonyl (C=O) groups is 1. The van der Waals surface area contributed by atoms with Crippen LogP contribution in [0.25, 0.3) is 4.48 Å². The highest BCUT2D eigenvalue weighted by Crippen LogP contribution is 2.31. The number of esters is 1. The number of rotatable bonds is 3. The van der Waals surface area contributed by atoms with Crippen molar-refractivity contribution in [2.45, 2.75) is 13.8 Å². The third-order valence-electron chi connectivity index (χ3n) is 2.02. The second kappa shape index (κ2) is 6.21. The summed E-state index contributed by atoms with van der Waals surface area (Å²) >= 11 is 6.86. The summed E-state index contributed by atoms with van der Waals surface area (Å²) in [5, 5.41) is 0. The number of benzene rings is 1. The van der Waals surface area contributed by atoms with Gasteiger partial charge in [0, 0.05) is 20.1 Å². The standard InChI is InChI=1S/C12H12Br2O2/c1-3-16-12(15)8(2)11(14)9-6-4-5-7-10(9)13/h4-7H,3H2,1-2H3. The van der Waals surface area contributed by atoms with Crippen molar-refractivity contribution in [2.75, 3.05) is 6.61 Å². The Morgan fingerprint density at radius 3 is 2.56 bits per heavy atom. The molecule has 0 aliphatic rings. The smallest absolute Gasteiger partial charge is 0.334 e. The molecule has 0 amide bonds. The first kappa shape index (κ1) is 13.5.